The monoisotopic (exact) mass is 269 g/mol. The van der Waals surface area contributed by atoms with E-state index in [1.807, 2.05) is 0 Å². The number of carbonyl (C=O) groups is 2. The average Bonchev–Trinajstić information content (AvgIpc) is 2.33. The number of halogens is 1. The van der Waals surface area contributed by atoms with Crippen molar-refractivity contribution in [2.24, 2.45) is 5.92 Å². The maximum Gasteiger partial charge on any atom is 0.316 e. The molecule has 0 aliphatic rings. The van der Waals surface area contributed by atoms with Crippen LogP contribution >= 0.6 is 0 Å². The van der Waals surface area contributed by atoms with Gasteiger partial charge in [0.1, 0.15) is 5.92 Å². The van der Waals surface area contributed by atoms with E-state index in [4.69, 9.17) is 9.84 Å². The van der Waals surface area contributed by atoms with Crippen LogP contribution in [-0.4, -0.2) is 23.6 Å². The van der Waals surface area contributed by atoms with Crippen molar-refractivity contribution < 1.29 is 23.8 Å². The van der Waals surface area contributed by atoms with Gasteiger partial charge in [0.2, 0.25) is 5.91 Å². The molecular weight excluding hydrogens is 253 g/mol. The van der Waals surface area contributed by atoms with Crippen molar-refractivity contribution in [2.45, 2.75) is 20.3 Å². The minimum absolute atomic E-state index is 0.0887. The highest BCUT2D eigenvalue weighted by molar-refractivity contribution is 6.04. The largest absolute Gasteiger partial charge is 0.491 e. The number of nitrogens with one attached hydrogen (secondary N) is 1. The van der Waals surface area contributed by atoms with E-state index in [1.165, 1.54) is 12.1 Å². The van der Waals surface area contributed by atoms with Crippen molar-refractivity contribution in [1.82, 2.24) is 0 Å². The smallest absolute Gasteiger partial charge is 0.316 e. The van der Waals surface area contributed by atoms with Gasteiger partial charge in [0, 0.05) is 11.8 Å². The standard InChI is InChI=1S/C13H16FNO4/c1-3-9(13(17)18)12(16)15-8-5-6-11(19-4-2)10(14)7-8/h5-7,9H,3-4H2,1-2H3,(H,15,16)(H,17,18). The third-order valence-electron chi connectivity index (χ3n) is 2.52. The van der Waals surface area contributed by atoms with Crippen LogP contribution in [-0.2, 0) is 9.59 Å². The molecular formula is C13H16FNO4. The molecule has 1 aromatic rings. The molecule has 0 aromatic heterocycles. The fourth-order valence-electron chi connectivity index (χ4n) is 1.55. The molecule has 0 fully saturated rings. The molecule has 0 saturated carbocycles. The number of carboxylic acid groups (broad SMARTS) is 1. The predicted molar refractivity (Wildman–Crippen MR) is 67.6 cm³/mol. The molecule has 0 spiro atoms. The van der Waals surface area contributed by atoms with E-state index in [9.17, 15) is 14.0 Å². The minimum Gasteiger partial charge on any atom is -0.491 e. The normalized spacial score (nSPS) is 11.7. The Morgan fingerprint density at radius 3 is 2.58 bits per heavy atom. The molecule has 2 N–H and O–H groups in total. The van der Waals surface area contributed by atoms with Gasteiger partial charge in [-0.05, 0) is 25.5 Å². The maximum atomic E-state index is 13.5. The topological polar surface area (TPSA) is 75.6 Å². The van der Waals surface area contributed by atoms with Gasteiger partial charge in [0.25, 0.3) is 0 Å². The molecule has 1 amide bonds. The summed E-state index contributed by atoms with van der Waals surface area (Å²) < 4.78 is 18.6. The molecule has 0 radical (unpaired) electrons. The number of amides is 1. The van der Waals surface area contributed by atoms with Gasteiger partial charge >= 0.3 is 5.97 Å². The van der Waals surface area contributed by atoms with Crippen molar-refractivity contribution in [3.63, 3.8) is 0 Å². The Morgan fingerprint density at radius 1 is 1.42 bits per heavy atom. The second kappa shape index (κ2) is 6.72. The number of ether oxygens (including phenoxy) is 1. The Balaban J connectivity index is 2.80. The van der Waals surface area contributed by atoms with Crippen molar-refractivity contribution in [3.05, 3.63) is 24.0 Å². The number of hydrogen-bond donors (Lipinski definition) is 2. The Bertz CT molecular complexity index is 476. The summed E-state index contributed by atoms with van der Waals surface area (Å²) in [5, 5.41) is 11.2. The van der Waals surface area contributed by atoms with Crippen LogP contribution in [0.25, 0.3) is 0 Å². The van der Waals surface area contributed by atoms with E-state index in [2.05, 4.69) is 5.32 Å². The van der Waals surface area contributed by atoms with Crippen LogP contribution < -0.4 is 10.1 Å². The first-order chi connectivity index (χ1) is 8.99. The summed E-state index contributed by atoms with van der Waals surface area (Å²) >= 11 is 0. The fraction of sp³-hybridized carbons (Fsp3) is 0.385. The second-order valence-electron chi connectivity index (χ2n) is 3.87. The van der Waals surface area contributed by atoms with Crippen LogP contribution in [0.15, 0.2) is 18.2 Å². The minimum atomic E-state index is -1.20. The number of aliphatic carboxylic acids is 1. The van der Waals surface area contributed by atoms with Gasteiger partial charge in [-0.1, -0.05) is 6.92 Å². The first-order valence-corrected chi connectivity index (χ1v) is 5.95. The summed E-state index contributed by atoms with van der Waals surface area (Å²) in [6, 6.07) is 3.94. The van der Waals surface area contributed by atoms with Crippen LogP contribution in [0.2, 0.25) is 0 Å². The first-order valence-electron chi connectivity index (χ1n) is 5.95. The first kappa shape index (κ1) is 14.9. The predicted octanol–water partition coefficient (Wildman–Crippen LogP) is 2.27. The molecule has 0 aliphatic carbocycles. The zero-order valence-electron chi connectivity index (χ0n) is 10.8. The second-order valence-corrected chi connectivity index (χ2v) is 3.87. The van der Waals surface area contributed by atoms with E-state index >= 15 is 0 Å². The van der Waals surface area contributed by atoms with Gasteiger partial charge < -0.3 is 15.2 Å². The van der Waals surface area contributed by atoms with Crippen molar-refractivity contribution in [2.75, 3.05) is 11.9 Å². The molecule has 104 valence electrons. The zero-order chi connectivity index (χ0) is 14.4. The fourth-order valence-corrected chi connectivity index (χ4v) is 1.55. The molecule has 0 saturated heterocycles. The summed E-state index contributed by atoms with van der Waals surface area (Å²) in [5.41, 5.74) is 0.200. The highest BCUT2D eigenvalue weighted by Gasteiger charge is 2.24. The van der Waals surface area contributed by atoms with Gasteiger partial charge in [0.15, 0.2) is 11.6 Å². The number of carbonyl (C=O) groups excluding carboxylic acids is 1. The Labute approximate surface area is 110 Å². The molecule has 0 aliphatic heterocycles. The van der Waals surface area contributed by atoms with Crippen LogP contribution in [0.3, 0.4) is 0 Å². The van der Waals surface area contributed by atoms with E-state index in [1.54, 1.807) is 13.8 Å². The molecule has 1 unspecified atom stereocenters. The molecule has 1 aromatic carbocycles. The summed E-state index contributed by atoms with van der Waals surface area (Å²) in [5.74, 6) is -3.53. The molecule has 0 heterocycles. The van der Waals surface area contributed by atoms with Crippen molar-refractivity contribution in [3.8, 4) is 5.75 Å². The third-order valence-corrected chi connectivity index (χ3v) is 2.52. The summed E-state index contributed by atoms with van der Waals surface area (Å²) in [4.78, 5) is 22.5. The summed E-state index contributed by atoms with van der Waals surface area (Å²) in [6.07, 6.45) is 0.167. The van der Waals surface area contributed by atoms with Crippen molar-refractivity contribution in [1.29, 1.82) is 0 Å². The number of benzene rings is 1. The lowest BCUT2D eigenvalue weighted by atomic mass is 10.1. The maximum absolute atomic E-state index is 13.5. The van der Waals surface area contributed by atoms with Gasteiger partial charge in [0.05, 0.1) is 6.61 Å². The van der Waals surface area contributed by atoms with Crippen LogP contribution in [0.4, 0.5) is 10.1 Å². The highest BCUT2D eigenvalue weighted by atomic mass is 19.1. The van der Waals surface area contributed by atoms with Gasteiger partial charge in [-0.25, -0.2) is 4.39 Å². The lowest BCUT2D eigenvalue weighted by Gasteiger charge is -2.11. The number of carboxylic acids is 1. The summed E-state index contributed by atoms with van der Waals surface area (Å²) in [6.45, 7) is 3.66. The molecule has 1 atom stereocenters. The number of anilines is 1. The van der Waals surface area contributed by atoms with Gasteiger partial charge in [-0.3, -0.25) is 9.59 Å². The van der Waals surface area contributed by atoms with E-state index in [-0.39, 0.29) is 17.9 Å². The molecule has 19 heavy (non-hydrogen) atoms. The Morgan fingerprint density at radius 2 is 2.11 bits per heavy atom. The van der Waals surface area contributed by atoms with E-state index in [0.29, 0.717) is 6.61 Å². The average molecular weight is 269 g/mol. The Hall–Kier alpha value is -2.11. The van der Waals surface area contributed by atoms with Crippen molar-refractivity contribution >= 4 is 17.6 Å². The summed E-state index contributed by atoms with van der Waals surface area (Å²) in [7, 11) is 0. The number of rotatable bonds is 6. The third kappa shape index (κ3) is 3.94. The van der Waals surface area contributed by atoms with Gasteiger partial charge in [-0.15, -0.1) is 0 Å². The number of hydrogen-bond acceptors (Lipinski definition) is 3. The lowest BCUT2D eigenvalue weighted by Crippen LogP contribution is -2.28. The molecule has 0 bridgehead atoms. The van der Waals surface area contributed by atoms with Gasteiger partial charge in [-0.2, -0.15) is 0 Å². The van der Waals surface area contributed by atoms with Crippen LogP contribution in [0.1, 0.15) is 20.3 Å². The molecule has 6 heteroatoms. The quantitative estimate of drug-likeness (QED) is 0.777. The SMILES string of the molecule is CCOc1ccc(NC(=O)C(CC)C(=O)O)cc1F. The molecule has 5 nitrogen and oxygen atoms in total. The van der Waals surface area contributed by atoms with Crippen LogP contribution in [0, 0.1) is 11.7 Å². The van der Waals surface area contributed by atoms with E-state index < -0.39 is 23.6 Å². The Kier molecular flexibility index (Phi) is 5.29. The van der Waals surface area contributed by atoms with E-state index in [0.717, 1.165) is 6.07 Å². The highest BCUT2D eigenvalue weighted by Crippen LogP contribution is 2.21. The van der Waals surface area contributed by atoms with Crippen LogP contribution in [0.5, 0.6) is 5.75 Å². The molecule has 1 rings (SSSR count). The lowest BCUT2D eigenvalue weighted by molar-refractivity contribution is -0.145. The zero-order valence-corrected chi connectivity index (χ0v) is 10.8.